The largest absolute Gasteiger partial charge is 0.445 e. The summed E-state index contributed by atoms with van der Waals surface area (Å²) < 4.78 is 17.4. The molecule has 222 valence electrons. The Bertz CT molecular complexity index is 1270. The van der Waals surface area contributed by atoms with Crippen LogP contribution < -0.4 is 10.6 Å². The molecule has 0 spiro atoms. The van der Waals surface area contributed by atoms with Crippen molar-refractivity contribution in [1.82, 2.24) is 10.2 Å². The zero-order chi connectivity index (χ0) is 30.2. The molecule has 0 saturated heterocycles. The Hall–Kier alpha value is -4.03. The minimum atomic E-state index is -1.35. The number of anilines is 1. The van der Waals surface area contributed by atoms with Crippen LogP contribution in [0, 0.1) is 5.92 Å². The third kappa shape index (κ3) is 10.1. The minimum Gasteiger partial charge on any atom is -0.445 e. The lowest BCUT2D eigenvalue weighted by molar-refractivity contribution is -0.145. The van der Waals surface area contributed by atoms with E-state index >= 15 is 0 Å². The lowest BCUT2D eigenvalue weighted by Crippen LogP contribution is -2.60. The number of rotatable bonds is 16. The van der Waals surface area contributed by atoms with Gasteiger partial charge in [-0.15, -0.1) is 0 Å². The van der Waals surface area contributed by atoms with Crippen LogP contribution in [0.1, 0.15) is 50.7 Å². The Kier molecular flexibility index (Phi) is 13.2. The van der Waals surface area contributed by atoms with Gasteiger partial charge in [-0.2, -0.15) is 0 Å². The first-order valence-electron chi connectivity index (χ1n) is 14.3. The molecule has 0 bridgehead atoms. The molecule has 0 aliphatic rings. The van der Waals surface area contributed by atoms with Crippen molar-refractivity contribution in [1.29, 1.82) is 0 Å². The van der Waals surface area contributed by atoms with Crippen molar-refractivity contribution in [3.05, 3.63) is 102 Å². The highest BCUT2D eigenvalue weighted by molar-refractivity contribution is 7.23. The van der Waals surface area contributed by atoms with E-state index in [1.54, 1.807) is 12.1 Å². The van der Waals surface area contributed by atoms with E-state index in [1.165, 1.54) is 4.90 Å². The van der Waals surface area contributed by atoms with Gasteiger partial charge in [0.25, 0.3) is 5.91 Å². The minimum absolute atomic E-state index is 0.0196. The van der Waals surface area contributed by atoms with E-state index in [4.69, 9.17) is 4.74 Å². The molecule has 3 aromatic rings. The molecule has 3 aromatic carbocycles. The molecular formula is C33H41N3O5P+. The molecule has 0 aromatic heterocycles. The molecule has 2 N–H and O–H groups in total. The summed E-state index contributed by atoms with van der Waals surface area (Å²) in [6.07, 6.45) is 1.24. The number of aryl methyl sites for hydroxylation is 1. The SMILES string of the molecule is CC(C)C[C@@](CCNC(=O)OCc1ccccc1)(C(=O)Nc1ccccc1)N(C[PH+]=O)C(=O)CCCc1ccccc1. The molecule has 9 heteroatoms. The van der Waals surface area contributed by atoms with Crippen LogP contribution in [-0.2, 0) is 31.9 Å². The van der Waals surface area contributed by atoms with E-state index in [2.05, 4.69) is 10.6 Å². The van der Waals surface area contributed by atoms with Gasteiger partial charge in [0.05, 0.1) is 0 Å². The Morgan fingerprint density at radius 2 is 1.48 bits per heavy atom. The number of para-hydroxylation sites is 1. The monoisotopic (exact) mass is 590 g/mol. The smallest absolute Gasteiger partial charge is 0.407 e. The summed E-state index contributed by atoms with van der Waals surface area (Å²) in [7, 11) is -0.813. The molecule has 3 amide bonds. The number of amides is 3. The van der Waals surface area contributed by atoms with Crippen LogP contribution in [0.4, 0.5) is 10.5 Å². The topological polar surface area (TPSA) is 105 Å². The van der Waals surface area contributed by atoms with Gasteiger partial charge in [0.1, 0.15) is 12.1 Å². The van der Waals surface area contributed by atoms with Gasteiger partial charge in [-0.3, -0.25) is 14.5 Å². The normalized spacial score (nSPS) is 12.4. The molecule has 3 rings (SSSR count). The number of carbonyl (C=O) groups excluding carboxylic acids is 3. The van der Waals surface area contributed by atoms with Gasteiger partial charge in [0, 0.05) is 18.7 Å². The van der Waals surface area contributed by atoms with Crippen molar-refractivity contribution in [2.24, 2.45) is 5.92 Å². The third-order valence-electron chi connectivity index (χ3n) is 6.96. The van der Waals surface area contributed by atoms with E-state index in [1.807, 2.05) is 92.7 Å². The summed E-state index contributed by atoms with van der Waals surface area (Å²) in [5.41, 5.74) is 1.22. The van der Waals surface area contributed by atoms with Gasteiger partial charge < -0.3 is 15.4 Å². The summed E-state index contributed by atoms with van der Waals surface area (Å²) in [5, 5.41) is 5.72. The van der Waals surface area contributed by atoms with Gasteiger partial charge in [-0.1, -0.05) is 97.3 Å². The summed E-state index contributed by atoms with van der Waals surface area (Å²) in [5.74, 6) is -0.604. The van der Waals surface area contributed by atoms with Crippen LogP contribution in [0.3, 0.4) is 0 Å². The van der Waals surface area contributed by atoms with Crippen LogP contribution in [0.2, 0.25) is 0 Å². The van der Waals surface area contributed by atoms with Gasteiger partial charge in [-0.25, -0.2) is 4.79 Å². The standard InChI is InChI=1S/C33H40N3O5P/c1-26(2)23-33(31(38)35-29-18-10-5-11-19-29,21-22-34-32(39)41-24-28-15-8-4-9-16-28)36(25-42-40)30(37)20-12-17-27-13-6-3-7-14-27/h3-11,13-16,18-19,26H,12,17,20-25H2,1-2H3,(H,34,39)(H,35,38)/p+1/t33-/m0/s1. The van der Waals surface area contributed by atoms with Crippen molar-refractivity contribution in [2.45, 2.75) is 58.1 Å². The highest BCUT2D eigenvalue weighted by atomic mass is 31.1. The first-order valence-corrected chi connectivity index (χ1v) is 15.5. The average molecular weight is 591 g/mol. The summed E-state index contributed by atoms with van der Waals surface area (Å²) in [6.45, 7) is 4.15. The van der Waals surface area contributed by atoms with Crippen LogP contribution in [0.15, 0.2) is 91.0 Å². The number of hydrogen-bond donors (Lipinski definition) is 2. The van der Waals surface area contributed by atoms with Crippen molar-refractivity contribution in [2.75, 3.05) is 18.1 Å². The predicted octanol–water partition coefficient (Wildman–Crippen LogP) is 6.56. The highest BCUT2D eigenvalue weighted by Gasteiger charge is 2.47. The first kappa shape index (κ1) is 32.5. The maximum atomic E-state index is 14.1. The third-order valence-corrected chi connectivity index (χ3v) is 7.41. The molecule has 42 heavy (non-hydrogen) atoms. The molecule has 0 fully saturated rings. The Morgan fingerprint density at radius 1 is 0.881 bits per heavy atom. The number of ether oxygens (including phenoxy) is 1. The molecule has 0 saturated carbocycles. The number of carbonyl (C=O) groups is 3. The maximum absolute atomic E-state index is 14.1. The first-order chi connectivity index (χ1) is 20.3. The number of hydrogen-bond acceptors (Lipinski definition) is 5. The van der Waals surface area contributed by atoms with Gasteiger partial charge in [-0.05, 0) is 54.9 Å². The maximum Gasteiger partial charge on any atom is 0.407 e. The predicted molar refractivity (Wildman–Crippen MR) is 167 cm³/mol. The Morgan fingerprint density at radius 3 is 2.07 bits per heavy atom. The fraction of sp³-hybridized carbons (Fsp3) is 0.364. The summed E-state index contributed by atoms with van der Waals surface area (Å²) >= 11 is 0. The molecule has 0 radical (unpaired) electrons. The number of alkyl carbamates (subject to hydrolysis) is 1. The lowest BCUT2D eigenvalue weighted by atomic mass is 9.82. The number of benzene rings is 3. The molecule has 8 nitrogen and oxygen atoms in total. The quantitative estimate of drug-likeness (QED) is 0.184. The molecule has 0 aliphatic heterocycles. The van der Waals surface area contributed by atoms with Crippen LogP contribution in [0.25, 0.3) is 0 Å². The van der Waals surface area contributed by atoms with Gasteiger partial charge in [0.15, 0.2) is 0 Å². The van der Waals surface area contributed by atoms with E-state index in [9.17, 15) is 18.9 Å². The summed E-state index contributed by atoms with van der Waals surface area (Å²) in [4.78, 5) is 41.9. The number of nitrogens with zero attached hydrogens (tertiary/aromatic N) is 1. The second kappa shape index (κ2) is 17.0. The van der Waals surface area contributed by atoms with E-state index < -0.39 is 20.1 Å². The Balaban J connectivity index is 1.81. The molecule has 1 unspecified atom stereocenters. The summed E-state index contributed by atoms with van der Waals surface area (Å²) in [6, 6.07) is 28.3. The fourth-order valence-corrected chi connectivity index (χ4v) is 5.64. The second-order valence-corrected chi connectivity index (χ2v) is 11.3. The van der Waals surface area contributed by atoms with Crippen LogP contribution in [0.5, 0.6) is 0 Å². The van der Waals surface area contributed by atoms with Crippen molar-refractivity contribution < 1.29 is 23.7 Å². The zero-order valence-electron chi connectivity index (χ0n) is 24.4. The highest BCUT2D eigenvalue weighted by Crippen LogP contribution is 2.32. The van der Waals surface area contributed by atoms with E-state index in [0.29, 0.717) is 24.9 Å². The molecular weight excluding hydrogens is 549 g/mol. The Labute approximate surface area is 250 Å². The fourth-order valence-electron chi connectivity index (χ4n) is 5.03. The zero-order valence-corrected chi connectivity index (χ0v) is 25.4. The van der Waals surface area contributed by atoms with E-state index in [0.717, 1.165) is 11.1 Å². The average Bonchev–Trinajstić information content (AvgIpc) is 2.99. The molecule has 0 heterocycles. The van der Waals surface area contributed by atoms with Crippen LogP contribution in [-0.4, -0.2) is 41.2 Å². The van der Waals surface area contributed by atoms with E-state index in [-0.39, 0.29) is 50.0 Å². The molecule has 0 aliphatic carbocycles. The number of nitrogens with one attached hydrogen (secondary N) is 2. The lowest BCUT2D eigenvalue weighted by Gasteiger charge is -2.41. The van der Waals surface area contributed by atoms with Gasteiger partial charge in [0.2, 0.25) is 12.2 Å². The van der Waals surface area contributed by atoms with Crippen molar-refractivity contribution >= 4 is 32.1 Å². The van der Waals surface area contributed by atoms with Crippen molar-refractivity contribution in [3.63, 3.8) is 0 Å². The van der Waals surface area contributed by atoms with Crippen LogP contribution >= 0.6 is 8.46 Å². The van der Waals surface area contributed by atoms with Gasteiger partial charge >= 0.3 is 14.6 Å². The second-order valence-electron chi connectivity index (χ2n) is 10.7. The van der Waals surface area contributed by atoms with Crippen molar-refractivity contribution in [3.8, 4) is 0 Å². The molecule has 2 atom stereocenters.